The lowest BCUT2D eigenvalue weighted by Gasteiger charge is -2.30. The molecule has 0 radical (unpaired) electrons. The first-order valence-electron chi connectivity index (χ1n) is 10.2. The Morgan fingerprint density at radius 2 is 1.35 bits per heavy atom. The molecule has 0 aliphatic heterocycles. The molecule has 0 aromatic carbocycles. The molecule has 0 aromatic heterocycles. The van der Waals surface area contributed by atoms with Crippen molar-refractivity contribution in [3.63, 3.8) is 0 Å². The number of aliphatic hydroxyl groups is 2. The molecule has 0 aromatic rings. The Morgan fingerprint density at radius 3 is 1.91 bits per heavy atom. The van der Waals surface area contributed by atoms with Crippen LogP contribution in [0.3, 0.4) is 0 Å². The van der Waals surface area contributed by atoms with E-state index >= 15 is 0 Å². The zero-order valence-corrected chi connectivity index (χ0v) is 15.6. The standard InChI is InChI=1S/C20H41NO2/c1-17(2)12-10-8-6-4-3-5-7-9-11-15-21-18-13-14-19(22)20(23)16-18/h17-23H,3-16H2,1-2H3. The SMILES string of the molecule is CC(C)CCCCCCCCCCCNC1CCC(O)C(O)C1. The molecule has 138 valence electrons. The lowest BCUT2D eigenvalue weighted by atomic mass is 9.90. The van der Waals surface area contributed by atoms with Gasteiger partial charge in [0, 0.05) is 6.04 Å². The van der Waals surface area contributed by atoms with E-state index in [1.165, 1.54) is 64.2 Å². The Balaban J connectivity index is 1.78. The van der Waals surface area contributed by atoms with Crippen LogP contribution in [0.4, 0.5) is 0 Å². The summed E-state index contributed by atoms with van der Waals surface area (Å²) in [5, 5.41) is 22.7. The van der Waals surface area contributed by atoms with Gasteiger partial charge in [0.1, 0.15) is 0 Å². The Bertz CT molecular complexity index is 270. The van der Waals surface area contributed by atoms with Gasteiger partial charge in [0.2, 0.25) is 0 Å². The molecule has 3 N–H and O–H groups in total. The van der Waals surface area contributed by atoms with Gasteiger partial charge >= 0.3 is 0 Å². The van der Waals surface area contributed by atoms with Crippen molar-refractivity contribution in [2.75, 3.05) is 6.54 Å². The molecule has 23 heavy (non-hydrogen) atoms. The van der Waals surface area contributed by atoms with E-state index in [1.54, 1.807) is 0 Å². The zero-order valence-electron chi connectivity index (χ0n) is 15.6. The van der Waals surface area contributed by atoms with Crippen LogP contribution in [0.1, 0.15) is 97.3 Å². The first-order valence-corrected chi connectivity index (χ1v) is 10.2. The van der Waals surface area contributed by atoms with E-state index in [0.29, 0.717) is 12.5 Å². The normalized spacial score (nSPS) is 25.2. The molecule has 0 saturated heterocycles. The van der Waals surface area contributed by atoms with Crippen LogP contribution in [0.25, 0.3) is 0 Å². The molecule has 0 heterocycles. The van der Waals surface area contributed by atoms with Crippen molar-refractivity contribution in [2.24, 2.45) is 5.92 Å². The van der Waals surface area contributed by atoms with Crippen LogP contribution in [0.15, 0.2) is 0 Å². The summed E-state index contributed by atoms with van der Waals surface area (Å²) in [6.07, 6.45) is 15.2. The second-order valence-corrected chi connectivity index (χ2v) is 7.96. The Hall–Kier alpha value is -0.120. The number of aliphatic hydroxyl groups excluding tert-OH is 2. The van der Waals surface area contributed by atoms with E-state index in [2.05, 4.69) is 19.2 Å². The van der Waals surface area contributed by atoms with Gasteiger partial charge in [0.25, 0.3) is 0 Å². The van der Waals surface area contributed by atoms with Gasteiger partial charge in [-0.1, -0.05) is 71.6 Å². The highest BCUT2D eigenvalue weighted by atomic mass is 16.3. The van der Waals surface area contributed by atoms with Crippen LogP contribution >= 0.6 is 0 Å². The van der Waals surface area contributed by atoms with Crippen LogP contribution in [-0.2, 0) is 0 Å². The first-order chi connectivity index (χ1) is 11.1. The fourth-order valence-corrected chi connectivity index (χ4v) is 3.54. The predicted octanol–water partition coefficient (Wildman–Crippen LogP) is 4.41. The highest BCUT2D eigenvalue weighted by Crippen LogP contribution is 2.19. The van der Waals surface area contributed by atoms with Crippen LogP contribution in [0, 0.1) is 5.92 Å². The van der Waals surface area contributed by atoms with Crippen molar-refractivity contribution in [1.29, 1.82) is 0 Å². The lowest BCUT2D eigenvalue weighted by molar-refractivity contribution is -0.0180. The maximum atomic E-state index is 9.66. The number of hydrogen-bond donors (Lipinski definition) is 3. The summed E-state index contributed by atoms with van der Waals surface area (Å²) in [5.74, 6) is 0.866. The Labute approximate surface area is 144 Å². The largest absolute Gasteiger partial charge is 0.390 e. The molecular formula is C20H41NO2. The van der Waals surface area contributed by atoms with E-state index in [0.717, 1.165) is 25.3 Å². The van der Waals surface area contributed by atoms with Gasteiger partial charge in [0.15, 0.2) is 0 Å². The number of hydrogen-bond acceptors (Lipinski definition) is 3. The minimum atomic E-state index is -0.526. The lowest BCUT2D eigenvalue weighted by Crippen LogP contribution is -2.42. The monoisotopic (exact) mass is 327 g/mol. The minimum absolute atomic E-state index is 0.402. The predicted molar refractivity (Wildman–Crippen MR) is 98.7 cm³/mol. The van der Waals surface area contributed by atoms with Crippen molar-refractivity contribution in [3.8, 4) is 0 Å². The minimum Gasteiger partial charge on any atom is -0.390 e. The third-order valence-electron chi connectivity index (χ3n) is 5.17. The molecule has 3 unspecified atom stereocenters. The first kappa shape index (κ1) is 20.9. The second kappa shape index (κ2) is 13.2. The summed E-state index contributed by atoms with van der Waals surface area (Å²) in [6.45, 7) is 5.69. The van der Waals surface area contributed by atoms with Gasteiger partial charge in [-0.05, 0) is 38.1 Å². The summed E-state index contributed by atoms with van der Waals surface area (Å²) in [5.41, 5.74) is 0. The summed E-state index contributed by atoms with van der Waals surface area (Å²) in [7, 11) is 0. The van der Waals surface area contributed by atoms with Crippen molar-refractivity contribution in [1.82, 2.24) is 5.32 Å². The zero-order chi connectivity index (χ0) is 16.9. The molecule has 1 fully saturated rings. The molecule has 1 saturated carbocycles. The van der Waals surface area contributed by atoms with Crippen LogP contribution in [0.5, 0.6) is 0 Å². The molecule has 3 heteroatoms. The fourth-order valence-electron chi connectivity index (χ4n) is 3.54. The van der Waals surface area contributed by atoms with Crippen LogP contribution in [0.2, 0.25) is 0 Å². The summed E-state index contributed by atoms with van der Waals surface area (Å²) >= 11 is 0. The van der Waals surface area contributed by atoms with Gasteiger partial charge in [0.05, 0.1) is 12.2 Å². The second-order valence-electron chi connectivity index (χ2n) is 7.96. The average Bonchev–Trinajstić information content (AvgIpc) is 2.51. The summed E-state index contributed by atoms with van der Waals surface area (Å²) in [6, 6.07) is 0.402. The third kappa shape index (κ3) is 11.1. The van der Waals surface area contributed by atoms with E-state index in [1.807, 2.05) is 0 Å². The molecule has 1 rings (SSSR count). The highest BCUT2D eigenvalue weighted by Gasteiger charge is 2.26. The summed E-state index contributed by atoms with van der Waals surface area (Å²) < 4.78 is 0. The molecule has 1 aliphatic carbocycles. The Morgan fingerprint density at radius 1 is 0.783 bits per heavy atom. The number of unbranched alkanes of at least 4 members (excludes halogenated alkanes) is 8. The molecular weight excluding hydrogens is 286 g/mol. The summed E-state index contributed by atoms with van der Waals surface area (Å²) in [4.78, 5) is 0. The van der Waals surface area contributed by atoms with E-state index in [-0.39, 0.29) is 0 Å². The molecule has 0 spiro atoms. The van der Waals surface area contributed by atoms with Crippen LogP contribution in [-0.4, -0.2) is 35.0 Å². The number of rotatable bonds is 13. The van der Waals surface area contributed by atoms with Crippen molar-refractivity contribution >= 4 is 0 Å². The van der Waals surface area contributed by atoms with Crippen molar-refractivity contribution < 1.29 is 10.2 Å². The van der Waals surface area contributed by atoms with Gasteiger partial charge in [-0.2, -0.15) is 0 Å². The molecule has 0 amide bonds. The fraction of sp³-hybridized carbons (Fsp3) is 1.00. The third-order valence-corrected chi connectivity index (χ3v) is 5.17. The highest BCUT2D eigenvalue weighted by molar-refractivity contribution is 4.82. The topological polar surface area (TPSA) is 52.5 Å². The van der Waals surface area contributed by atoms with Crippen molar-refractivity contribution in [2.45, 2.75) is 116 Å². The van der Waals surface area contributed by atoms with Crippen LogP contribution < -0.4 is 5.32 Å². The van der Waals surface area contributed by atoms with E-state index in [4.69, 9.17) is 0 Å². The van der Waals surface area contributed by atoms with Gasteiger partial charge in [-0.3, -0.25) is 0 Å². The molecule has 3 nitrogen and oxygen atoms in total. The molecule has 0 bridgehead atoms. The Kier molecular flexibility index (Phi) is 12.0. The maximum absolute atomic E-state index is 9.66. The van der Waals surface area contributed by atoms with Crippen molar-refractivity contribution in [3.05, 3.63) is 0 Å². The van der Waals surface area contributed by atoms with E-state index < -0.39 is 12.2 Å². The number of nitrogens with one attached hydrogen (secondary N) is 1. The van der Waals surface area contributed by atoms with Gasteiger partial charge in [-0.25, -0.2) is 0 Å². The average molecular weight is 328 g/mol. The maximum Gasteiger partial charge on any atom is 0.0813 e. The quantitative estimate of drug-likeness (QED) is 0.439. The van der Waals surface area contributed by atoms with Gasteiger partial charge in [-0.15, -0.1) is 0 Å². The molecule has 3 atom stereocenters. The van der Waals surface area contributed by atoms with E-state index in [9.17, 15) is 10.2 Å². The molecule has 1 aliphatic rings. The smallest absolute Gasteiger partial charge is 0.0813 e. The van der Waals surface area contributed by atoms with Gasteiger partial charge < -0.3 is 15.5 Å².